The van der Waals surface area contributed by atoms with Crippen molar-refractivity contribution >= 4 is 19.9 Å². The molecule has 0 aromatic heterocycles. The van der Waals surface area contributed by atoms with Crippen LogP contribution in [-0.2, 0) is 15.6 Å². The monoisotopic (exact) mass is 305 g/mol. The molecular weight excluding hydrogens is 286 g/mol. The molecule has 0 heterocycles. The second-order valence-electron chi connectivity index (χ2n) is 4.09. The van der Waals surface area contributed by atoms with Crippen LogP contribution in [0.4, 0.5) is 0 Å². The Morgan fingerprint density at radius 2 is 1.89 bits per heavy atom. The maximum atomic E-state index is 10.4. The Hall–Kier alpha value is -0.760. The van der Waals surface area contributed by atoms with Crippen molar-refractivity contribution in [1.29, 1.82) is 0 Å². The number of hydrogen-bond acceptors (Lipinski definition) is 5. The van der Waals surface area contributed by atoms with Crippen LogP contribution < -0.4 is 5.32 Å². The molecule has 0 spiro atoms. The van der Waals surface area contributed by atoms with Crippen LogP contribution in [0.3, 0.4) is 0 Å². The van der Waals surface area contributed by atoms with Crippen molar-refractivity contribution in [3.63, 3.8) is 0 Å². The van der Waals surface area contributed by atoms with Gasteiger partial charge >= 0.3 is 9.15 Å². The standard InChI is InChI=1S/C12H19NO4S2/c14-12-7-2-1-5-11(12)6-3-4-8-13-9-10-18-19(15,16)17/h1-2,5,7,13-14H,3-4,6,8-10H2,(H,15,16,17). The van der Waals surface area contributed by atoms with E-state index in [1.165, 1.54) is 0 Å². The van der Waals surface area contributed by atoms with Gasteiger partial charge in [-0.2, -0.15) is 8.42 Å². The van der Waals surface area contributed by atoms with Crippen LogP contribution in [0.1, 0.15) is 18.4 Å². The maximum absolute atomic E-state index is 10.4. The molecule has 19 heavy (non-hydrogen) atoms. The van der Waals surface area contributed by atoms with E-state index < -0.39 is 9.15 Å². The molecule has 1 aromatic carbocycles. The number of phenols is 1. The minimum Gasteiger partial charge on any atom is -0.508 e. The number of phenolic OH excluding ortho intramolecular Hbond substituents is 1. The summed E-state index contributed by atoms with van der Waals surface area (Å²) in [5.74, 6) is 0.665. The fourth-order valence-corrected chi connectivity index (χ4v) is 2.95. The highest BCUT2D eigenvalue weighted by molar-refractivity contribution is 8.69. The van der Waals surface area contributed by atoms with Crippen molar-refractivity contribution in [3.8, 4) is 5.75 Å². The highest BCUT2D eigenvalue weighted by atomic mass is 33.1. The molecule has 0 radical (unpaired) electrons. The zero-order valence-electron chi connectivity index (χ0n) is 10.6. The van der Waals surface area contributed by atoms with E-state index in [1.54, 1.807) is 12.1 Å². The number of unbranched alkanes of at least 4 members (excludes halogenated alkanes) is 1. The van der Waals surface area contributed by atoms with Gasteiger partial charge in [0, 0.05) is 12.3 Å². The summed E-state index contributed by atoms with van der Waals surface area (Å²) in [6, 6.07) is 7.29. The van der Waals surface area contributed by atoms with Crippen LogP contribution in [0.25, 0.3) is 0 Å². The lowest BCUT2D eigenvalue weighted by molar-refractivity contribution is 0.466. The maximum Gasteiger partial charge on any atom is 0.319 e. The lowest BCUT2D eigenvalue weighted by atomic mass is 10.1. The minimum absolute atomic E-state index is 0.332. The molecule has 0 amide bonds. The first kappa shape index (κ1) is 16.3. The Kier molecular flexibility index (Phi) is 7.22. The number of benzene rings is 1. The van der Waals surface area contributed by atoms with E-state index in [-0.39, 0.29) is 0 Å². The number of aryl methyl sites for hydroxylation is 1. The second kappa shape index (κ2) is 8.42. The Morgan fingerprint density at radius 1 is 1.16 bits per heavy atom. The lowest BCUT2D eigenvalue weighted by Gasteiger charge is -2.05. The van der Waals surface area contributed by atoms with Crippen LogP contribution in [0, 0.1) is 0 Å². The van der Waals surface area contributed by atoms with Gasteiger partial charge in [-0.1, -0.05) is 18.2 Å². The molecule has 0 saturated carbocycles. The first-order valence-electron chi connectivity index (χ1n) is 6.08. The zero-order chi connectivity index (χ0) is 14.1. The number of aromatic hydroxyl groups is 1. The van der Waals surface area contributed by atoms with Crippen molar-refractivity contribution in [2.45, 2.75) is 19.3 Å². The third-order valence-corrected chi connectivity index (χ3v) is 4.61. The molecule has 0 aliphatic carbocycles. The second-order valence-corrected chi connectivity index (χ2v) is 7.56. The normalized spacial score (nSPS) is 11.6. The van der Waals surface area contributed by atoms with Crippen molar-refractivity contribution in [1.82, 2.24) is 5.32 Å². The van der Waals surface area contributed by atoms with E-state index in [9.17, 15) is 13.5 Å². The summed E-state index contributed by atoms with van der Waals surface area (Å²) in [6.07, 6.45) is 2.73. The number of nitrogens with one attached hydrogen (secondary N) is 1. The topological polar surface area (TPSA) is 86.6 Å². The Balaban J connectivity index is 2.02. The molecular formula is C12H19NO4S2. The quantitative estimate of drug-likeness (QED) is 0.367. The first-order valence-corrected chi connectivity index (χ1v) is 9.03. The van der Waals surface area contributed by atoms with Crippen LogP contribution >= 0.6 is 10.8 Å². The van der Waals surface area contributed by atoms with Gasteiger partial charge in [0.05, 0.1) is 0 Å². The number of para-hydroxylation sites is 1. The van der Waals surface area contributed by atoms with E-state index in [0.717, 1.165) is 31.4 Å². The number of rotatable bonds is 9. The molecule has 0 unspecified atom stereocenters. The predicted octanol–water partition coefficient (Wildman–Crippen LogP) is 1.84. The average Bonchev–Trinajstić information content (AvgIpc) is 2.33. The molecule has 7 heteroatoms. The molecule has 3 N–H and O–H groups in total. The van der Waals surface area contributed by atoms with E-state index in [1.807, 2.05) is 12.1 Å². The fraction of sp³-hybridized carbons (Fsp3) is 0.500. The van der Waals surface area contributed by atoms with Crippen molar-refractivity contribution in [2.75, 3.05) is 18.8 Å². The van der Waals surface area contributed by atoms with E-state index in [0.29, 0.717) is 28.8 Å². The summed E-state index contributed by atoms with van der Waals surface area (Å²) in [7, 11) is -3.39. The summed E-state index contributed by atoms with van der Waals surface area (Å²) in [5.41, 5.74) is 0.949. The smallest absolute Gasteiger partial charge is 0.319 e. The lowest BCUT2D eigenvalue weighted by Crippen LogP contribution is -2.19. The van der Waals surface area contributed by atoms with Gasteiger partial charge in [-0.3, -0.25) is 4.55 Å². The Morgan fingerprint density at radius 3 is 2.58 bits per heavy atom. The van der Waals surface area contributed by atoms with E-state index in [2.05, 4.69) is 5.32 Å². The van der Waals surface area contributed by atoms with Crippen molar-refractivity contribution < 1.29 is 18.1 Å². The van der Waals surface area contributed by atoms with Gasteiger partial charge in [0.2, 0.25) is 0 Å². The molecule has 1 aromatic rings. The highest BCUT2D eigenvalue weighted by Gasteiger charge is 2.03. The van der Waals surface area contributed by atoms with Gasteiger partial charge in [0.15, 0.2) is 0 Å². The van der Waals surface area contributed by atoms with Gasteiger partial charge in [0.1, 0.15) is 5.75 Å². The third-order valence-electron chi connectivity index (χ3n) is 2.55. The average molecular weight is 305 g/mol. The van der Waals surface area contributed by atoms with Gasteiger partial charge < -0.3 is 10.4 Å². The van der Waals surface area contributed by atoms with E-state index in [4.69, 9.17) is 4.55 Å². The summed E-state index contributed by atoms with van der Waals surface area (Å²) >= 11 is 0. The van der Waals surface area contributed by atoms with Crippen LogP contribution in [0.5, 0.6) is 5.75 Å². The highest BCUT2D eigenvalue weighted by Crippen LogP contribution is 2.17. The SMILES string of the molecule is O=S(=O)(O)SCCNCCCCc1ccccc1O. The summed E-state index contributed by atoms with van der Waals surface area (Å²) < 4.78 is 29.3. The summed E-state index contributed by atoms with van der Waals surface area (Å²) in [5, 5.41) is 12.7. The number of hydrogen-bond donors (Lipinski definition) is 3. The van der Waals surface area contributed by atoms with Gasteiger partial charge in [-0.25, -0.2) is 0 Å². The molecule has 108 valence electrons. The third kappa shape index (κ3) is 8.10. The largest absolute Gasteiger partial charge is 0.508 e. The van der Waals surface area contributed by atoms with E-state index >= 15 is 0 Å². The summed E-state index contributed by atoms with van der Waals surface area (Å²) in [6.45, 7) is 1.33. The Bertz CT molecular complexity index is 476. The van der Waals surface area contributed by atoms with Crippen LogP contribution in [-0.4, -0.2) is 36.9 Å². The van der Waals surface area contributed by atoms with Gasteiger partial charge in [0.25, 0.3) is 0 Å². The molecule has 5 nitrogen and oxygen atoms in total. The molecule has 0 atom stereocenters. The molecule has 0 bridgehead atoms. The molecule has 1 rings (SSSR count). The molecule has 0 aliphatic heterocycles. The molecule has 0 saturated heterocycles. The summed E-state index contributed by atoms with van der Waals surface area (Å²) in [4.78, 5) is 0. The predicted molar refractivity (Wildman–Crippen MR) is 77.9 cm³/mol. The first-order chi connectivity index (χ1) is 8.99. The minimum atomic E-state index is -3.91. The fourth-order valence-electron chi connectivity index (χ4n) is 1.63. The zero-order valence-corrected chi connectivity index (χ0v) is 12.2. The van der Waals surface area contributed by atoms with Crippen LogP contribution in [0.2, 0.25) is 0 Å². The molecule has 0 aliphatic rings. The van der Waals surface area contributed by atoms with Crippen molar-refractivity contribution in [3.05, 3.63) is 29.8 Å². The van der Waals surface area contributed by atoms with Gasteiger partial charge in [-0.15, -0.1) is 0 Å². The molecule has 0 fully saturated rings. The van der Waals surface area contributed by atoms with Crippen molar-refractivity contribution in [2.24, 2.45) is 0 Å². The van der Waals surface area contributed by atoms with Crippen LogP contribution in [0.15, 0.2) is 24.3 Å². The Labute approximate surface area is 117 Å². The van der Waals surface area contributed by atoms with Gasteiger partial charge in [-0.05, 0) is 48.2 Å².